The minimum Gasteiger partial charge on any atom is -0.347 e. The van der Waals surface area contributed by atoms with Gasteiger partial charge in [-0.3, -0.25) is 0 Å². The second kappa shape index (κ2) is 2.26. The Morgan fingerprint density at radius 2 is 2.60 bits per heavy atom. The van der Waals surface area contributed by atoms with Gasteiger partial charge in [0.15, 0.2) is 6.23 Å². The minimum absolute atomic E-state index is 0.380. The standard InChI is InChI=1S/C7H11NOS/c1-3-5-4-10-8(2)7-6(5)9-7/h4,6-7H,3H2,1-2H3. The van der Waals surface area contributed by atoms with Crippen LogP contribution in [0.4, 0.5) is 0 Å². The Morgan fingerprint density at radius 3 is 3.30 bits per heavy atom. The summed E-state index contributed by atoms with van der Waals surface area (Å²) in [5.41, 5.74) is 1.45. The Morgan fingerprint density at radius 1 is 1.80 bits per heavy atom. The molecule has 2 aliphatic heterocycles. The summed E-state index contributed by atoms with van der Waals surface area (Å²) in [6.07, 6.45) is 1.93. The van der Waals surface area contributed by atoms with Crippen molar-refractivity contribution in [2.24, 2.45) is 0 Å². The molecule has 0 aromatic rings. The van der Waals surface area contributed by atoms with Gasteiger partial charge in [0.05, 0.1) is 0 Å². The molecule has 2 atom stereocenters. The summed E-state index contributed by atoms with van der Waals surface area (Å²) < 4.78 is 7.59. The van der Waals surface area contributed by atoms with Crippen LogP contribution in [0.5, 0.6) is 0 Å². The molecule has 0 N–H and O–H groups in total. The fraction of sp³-hybridized carbons (Fsp3) is 0.714. The van der Waals surface area contributed by atoms with Crippen molar-refractivity contribution < 1.29 is 4.74 Å². The molecule has 10 heavy (non-hydrogen) atoms. The predicted molar refractivity (Wildman–Crippen MR) is 42.4 cm³/mol. The van der Waals surface area contributed by atoms with Crippen molar-refractivity contribution in [1.29, 1.82) is 0 Å². The first kappa shape index (κ1) is 6.70. The van der Waals surface area contributed by atoms with Crippen molar-refractivity contribution in [2.75, 3.05) is 7.05 Å². The van der Waals surface area contributed by atoms with Gasteiger partial charge in [0.2, 0.25) is 0 Å². The zero-order valence-electron chi connectivity index (χ0n) is 6.20. The van der Waals surface area contributed by atoms with Gasteiger partial charge >= 0.3 is 0 Å². The average Bonchev–Trinajstić information content (AvgIpc) is 2.68. The highest BCUT2D eigenvalue weighted by atomic mass is 32.2. The monoisotopic (exact) mass is 157 g/mol. The minimum atomic E-state index is 0.380. The summed E-state index contributed by atoms with van der Waals surface area (Å²) in [7, 11) is 2.07. The number of likely N-dealkylation sites (N-methyl/N-ethyl adjacent to an activating group) is 1. The van der Waals surface area contributed by atoms with Crippen LogP contribution < -0.4 is 0 Å². The number of ether oxygens (including phenoxy) is 1. The van der Waals surface area contributed by atoms with E-state index in [9.17, 15) is 0 Å². The van der Waals surface area contributed by atoms with Crippen LogP contribution in [0.3, 0.4) is 0 Å². The maximum absolute atomic E-state index is 5.43. The third-order valence-corrected chi connectivity index (χ3v) is 2.92. The lowest BCUT2D eigenvalue weighted by Gasteiger charge is -2.14. The molecule has 0 bridgehead atoms. The molecule has 3 heteroatoms. The van der Waals surface area contributed by atoms with E-state index in [1.54, 1.807) is 11.9 Å². The Kier molecular flexibility index (Phi) is 1.51. The fourth-order valence-electron chi connectivity index (χ4n) is 1.21. The number of hydrogen-bond acceptors (Lipinski definition) is 3. The Bertz CT molecular complexity index is 180. The molecule has 0 spiro atoms. The highest BCUT2D eigenvalue weighted by Crippen LogP contribution is 2.41. The lowest BCUT2D eigenvalue weighted by atomic mass is 10.1. The van der Waals surface area contributed by atoms with E-state index >= 15 is 0 Å². The molecule has 1 fully saturated rings. The van der Waals surface area contributed by atoms with Gasteiger partial charge < -0.3 is 4.74 Å². The van der Waals surface area contributed by atoms with Crippen molar-refractivity contribution in [3.05, 3.63) is 11.0 Å². The summed E-state index contributed by atoms with van der Waals surface area (Å²) in [4.78, 5) is 0. The van der Waals surface area contributed by atoms with Gasteiger partial charge in [-0.05, 0) is 29.3 Å². The third-order valence-electron chi connectivity index (χ3n) is 1.97. The van der Waals surface area contributed by atoms with Crippen molar-refractivity contribution >= 4 is 11.9 Å². The van der Waals surface area contributed by atoms with Crippen molar-refractivity contribution in [2.45, 2.75) is 25.7 Å². The van der Waals surface area contributed by atoms with Crippen molar-refractivity contribution in [3.8, 4) is 0 Å². The molecule has 0 radical (unpaired) electrons. The summed E-state index contributed by atoms with van der Waals surface area (Å²) in [5, 5.41) is 2.20. The lowest BCUT2D eigenvalue weighted by Crippen LogP contribution is -2.18. The summed E-state index contributed by atoms with van der Waals surface area (Å²) in [5.74, 6) is 0. The molecular weight excluding hydrogens is 146 g/mol. The lowest BCUT2D eigenvalue weighted by molar-refractivity contribution is 0.310. The van der Waals surface area contributed by atoms with Gasteiger partial charge in [-0.1, -0.05) is 6.92 Å². The molecule has 0 aromatic heterocycles. The van der Waals surface area contributed by atoms with E-state index in [-0.39, 0.29) is 0 Å². The van der Waals surface area contributed by atoms with E-state index < -0.39 is 0 Å². The topological polar surface area (TPSA) is 15.8 Å². The maximum Gasteiger partial charge on any atom is 0.150 e. The first-order valence-corrected chi connectivity index (χ1v) is 4.40. The summed E-state index contributed by atoms with van der Waals surface area (Å²) >= 11 is 1.75. The SMILES string of the molecule is CCC1=CSN(C)C2OC12. The maximum atomic E-state index is 5.43. The number of nitrogens with zero attached hydrogens (tertiary/aromatic N) is 1. The second-order valence-electron chi connectivity index (χ2n) is 2.65. The molecule has 2 rings (SSSR count). The first-order valence-electron chi connectivity index (χ1n) is 3.57. The van der Waals surface area contributed by atoms with Crippen molar-refractivity contribution in [3.63, 3.8) is 0 Å². The molecule has 2 unspecified atom stereocenters. The molecule has 0 saturated carbocycles. The van der Waals surface area contributed by atoms with E-state index in [0.717, 1.165) is 6.42 Å². The van der Waals surface area contributed by atoms with Crippen LogP contribution in [-0.4, -0.2) is 23.7 Å². The molecule has 0 amide bonds. The normalized spacial score (nSPS) is 38.8. The average molecular weight is 157 g/mol. The van der Waals surface area contributed by atoms with Crippen LogP contribution in [0.1, 0.15) is 13.3 Å². The zero-order valence-corrected chi connectivity index (χ0v) is 7.02. The Hall–Kier alpha value is 0.01000. The Balaban J connectivity index is 2.11. The van der Waals surface area contributed by atoms with Crippen LogP contribution in [-0.2, 0) is 4.74 Å². The largest absolute Gasteiger partial charge is 0.347 e. The molecule has 56 valence electrons. The van der Waals surface area contributed by atoms with Crippen LogP contribution in [0.15, 0.2) is 11.0 Å². The molecule has 2 nitrogen and oxygen atoms in total. The van der Waals surface area contributed by atoms with Crippen molar-refractivity contribution in [1.82, 2.24) is 4.31 Å². The number of fused-ring (bicyclic) bond motifs is 1. The summed E-state index contributed by atoms with van der Waals surface area (Å²) in [6, 6.07) is 0. The number of epoxide rings is 1. The smallest absolute Gasteiger partial charge is 0.150 e. The summed E-state index contributed by atoms with van der Waals surface area (Å²) in [6.45, 7) is 2.18. The second-order valence-corrected chi connectivity index (χ2v) is 3.67. The fourth-order valence-corrected chi connectivity index (χ4v) is 2.10. The predicted octanol–water partition coefficient (Wildman–Crippen LogP) is 1.60. The van der Waals surface area contributed by atoms with E-state index in [4.69, 9.17) is 4.74 Å². The van der Waals surface area contributed by atoms with Gasteiger partial charge in [-0.15, -0.1) is 0 Å². The van der Waals surface area contributed by atoms with Gasteiger partial charge in [-0.25, -0.2) is 4.31 Å². The van der Waals surface area contributed by atoms with Gasteiger partial charge in [0.25, 0.3) is 0 Å². The Labute approximate surface area is 65.4 Å². The van der Waals surface area contributed by atoms with Crippen LogP contribution in [0, 0.1) is 0 Å². The zero-order chi connectivity index (χ0) is 7.14. The third kappa shape index (κ3) is 0.892. The van der Waals surface area contributed by atoms with E-state index in [1.165, 1.54) is 5.57 Å². The van der Waals surface area contributed by atoms with Crippen LogP contribution >= 0.6 is 11.9 Å². The van der Waals surface area contributed by atoms with Gasteiger partial charge in [0, 0.05) is 7.05 Å². The molecular formula is C7H11NOS. The molecule has 0 aliphatic carbocycles. The van der Waals surface area contributed by atoms with Crippen LogP contribution in [0.25, 0.3) is 0 Å². The van der Waals surface area contributed by atoms with E-state index in [2.05, 4.69) is 23.7 Å². The van der Waals surface area contributed by atoms with Gasteiger partial charge in [0.1, 0.15) is 6.10 Å². The highest BCUT2D eigenvalue weighted by Gasteiger charge is 2.46. The van der Waals surface area contributed by atoms with Crippen LogP contribution in [0.2, 0.25) is 0 Å². The quantitative estimate of drug-likeness (QED) is 0.425. The molecule has 1 saturated heterocycles. The number of rotatable bonds is 1. The first-order chi connectivity index (χ1) is 4.83. The van der Waals surface area contributed by atoms with E-state index in [0.29, 0.717) is 12.3 Å². The molecule has 2 heterocycles. The molecule has 2 aliphatic rings. The van der Waals surface area contributed by atoms with E-state index in [1.807, 2.05) is 0 Å². The highest BCUT2D eigenvalue weighted by molar-refractivity contribution is 8.00. The molecule has 0 aromatic carbocycles. The van der Waals surface area contributed by atoms with Gasteiger partial charge in [-0.2, -0.15) is 0 Å². The number of hydrogen-bond donors (Lipinski definition) is 0.